The van der Waals surface area contributed by atoms with Gasteiger partial charge >= 0.3 is 5.97 Å². The Labute approximate surface area is 128 Å². The fourth-order valence-electron chi connectivity index (χ4n) is 2.41. The number of carboxylic acids is 1. The summed E-state index contributed by atoms with van der Waals surface area (Å²) in [4.78, 5) is 22.8. The Morgan fingerprint density at radius 3 is 2.10 bits per heavy atom. The smallest absolute Gasteiger partial charge is 0.303 e. The minimum absolute atomic E-state index is 0.0183. The summed E-state index contributed by atoms with van der Waals surface area (Å²) in [6.07, 6.45) is 1.62. The van der Waals surface area contributed by atoms with Gasteiger partial charge in [0, 0.05) is 13.0 Å². The Kier molecular flexibility index (Phi) is 7.93. The monoisotopic (exact) mass is 300 g/mol. The molecule has 0 spiro atoms. The molecule has 0 aliphatic carbocycles. The molecule has 5 heteroatoms. The maximum absolute atomic E-state index is 12.1. The van der Waals surface area contributed by atoms with Crippen LogP contribution in [-0.4, -0.2) is 35.6 Å². The average Bonchev–Trinajstić information content (AvgIpc) is 2.30. The molecule has 124 valence electrons. The van der Waals surface area contributed by atoms with Gasteiger partial charge in [0.15, 0.2) is 0 Å². The van der Waals surface area contributed by atoms with Crippen molar-refractivity contribution in [1.82, 2.24) is 10.6 Å². The van der Waals surface area contributed by atoms with Gasteiger partial charge in [-0.15, -0.1) is 0 Å². The molecule has 0 rings (SSSR count). The van der Waals surface area contributed by atoms with Crippen molar-refractivity contribution in [3.05, 3.63) is 0 Å². The van der Waals surface area contributed by atoms with E-state index in [0.717, 1.165) is 13.0 Å². The number of hydrogen-bond donors (Lipinski definition) is 3. The molecule has 0 bridgehead atoms. The van der Waals surface area contributed by atoms with Crippen molar-refractivity contribution in [2.45, 2.75) is 66.3 Å². The van der Waals surface area contributed by atoms with Crippen LogP contribution in [0.25, 0.3) is 0 Å². The lowest BCUT2D eigenvalue weighted by Crippen LogP contribution is -2.52. The van der Waals surface area contributed by atoms with Gasteiger partial charge in [-0.3, -0.25) is 9.59 Å². The van der Waals surface area contributed by atoms with Gasteiger partial charge in [0.05, 0.1) is 5.54 Å². The number of rotatable bonds is 9. The van der Waals surface area contributed by atoms with E-state index in [1.807, 2.05) is 20.8 Å². The highest BCUT2D eigenvalue weighted by Gasteiger charge is 2.28. The van der Waals surface area contributed by atoms with E-state index in [4.69, 9.17) is 5.11 Å². The SMILES string of the molecule is CCNC(C)(C)C(=O)NCCC(CCC(=O)O)C(C)(C)C. The summed E-state index contributed by atoms with van der Waals surface area (Å²) in [7, 11) is 0. The van der Waals surface area contributed by atoms with Crippen molar-refractivity contribution in [2.24, 2.45) is 11.3 Å². The molecule has 0 heterocycles. The largest absolute Gasteiger partial charge is 0.481 e. The molecule has 3 N–H and O–H groups in total. The molecule has 0 aliphatic rings. The third-order valence-corrected chi connectivity index (χ3v) is 3.90. The van der Waals surface area contributed by atoms with Crippen molar-refractivity contribution in [3.63, 3.8) is 0 Å². The first-order valence-electron chi connectivity index (χ1n) is 7.75. The van der Waals surface area contributed by atoms with Crippen molar-refractivity contribution in [2.75, 3.05) is 13.1 Å². The summed E-state index contributed by atoms with van der Waals surface area (Å²) in [5.41, 5.74) is -0.537. The third kappa shape index (κ3) is 8.05. The van der Waals surface area contributed by atoms with Crippen LogP contribution in [0.2, 0.25) is 0 Å². The van der Waals surface area contributed by atoms with E-state index in [1.165, 1.54) is 0 Å². The Morgan fingerprint density at radius 1 is 1.10 bits per heavy atom. The maximum Gasteiger partial charge on any atom is 0.303 e. The zero-order chi connectivity index (χ0) is 16.7. The van der Waals surface area contributed by atoms with Crippen molar-refractivity contribution in [3.8, 4) is 0 Å². The molecule has 0 aromatic heterocycles. The molecule has 1 amide bonds. The van der Waals surface area contributed by atoms with Crippen LogP contribution < -0.4 is 10.6 Å². The summed E-state index contributed by atoms with van der Waals surface area (Å²) in [5.74, 6) is -0.507. The molecule has 0 radical (unpaired) electrons. The molecular formula is C16H32N2O3. The first-order chi connectivity index (χ1) is 9.50. The van der Waals surface area contributed by atoms with Gasteiger partial charge in [-0.25, -0.2) is 0 Å². The molecule has 1 unspecified atom stereocenters. The topological polar surface area (TPSA) is 78.4 Å². The third-order valence-electron chi connectivity index (χ3n) is 3.90. The van der Waals surface area contributed by atoms with E-state index in [9.17, 15) is 9.59 Å². The van der Waals surface area contributed by atoms with Gasteiger partial charge < -0.3 is 15.7 Å². The average molecular weight is 300 g/mol. The second-order valence-corrected chi connectivity index (χ2v) is 7.20. The Hall–Kier alpha value is -1.10. The lowest BCUT2D eigenvalue weighted by Gasteiger charge is -2.31. The van der Waals surface area contributed by atoms with Crippen molar-refractivity contribution in [1.29, 1.82) is 0 Å². The van der Waals surface area contributed by atoms with E-state index in [1.54, 1.807) is 0 Å². The number of amides is 1. The van der Waals surface area contributed by atoms with Gasteiger partial charge in [0.2, 0.25) is 5.91 Å². The maximum atomic E-state index is 12.1. The van der Waals surface area contributed by atoms with E-state index in [-0.39, 0.29) is 23.7 Å². The molecule has 21 heavy (non-hydrogen) atoms. The normalized spacial score (nSPS) is 13.8. The zero-order valence-electron chi connectivity index (χ0n) is 14.4. The molecule has 0 aromatic rings. The molecular weight excluding hydrogens is 268 g/mol. The zero-order valence-corrected chi connectivity index (χ0v) is 14.4. The van der Waals surface area contributed by atoms with Crippen LogP contribution in [0.5, 0.6) is 0 Å². The number of carbonyl (C=O) groups excluding carboxylic acids is 1. The number of hydrogen-bond acceptors (Lipinski definition) is 3. The van der Waals surface area contributed by atoms with E-state index in [0.29, 0.717) is 13.0 Å². The lowest BCUT2D eigenvalue weighted by molar-refractivity contribution is -0.137. The number of nitrogens with one attached hydrogen (secondary N) is 2. The summed E-state index contributed by atoms with van der Waals surface area (Å²) in [6, 6.07) is 0. The molecule has 0 fully saturated rings. The van der Waals surface area contributed by atoms with E-state index < -0.39 is 11.5 Å². The van der Waals surface area contributed by atoms with Crippen LogP contribution in [0.3, 0.4) is 0 Å². The Balaban J connectivity index is 4.37. The highest BCUT2D eigenvalue weighted by Crippen LogP contribution is 2.32. The Morgan fingerprint density at radius 2 is 1.67 bits per heavy atom. The predicted octanol–water partition coefficient (Wildman–Crippen LogP) is 2.41. The highest BCUT2D eigenvalue weighted by atomic mass is 16.4. The first-order valence-corrected chi connectivity index (χ1v) is 7.75. The number of carbonyl (C=O) groups is 2. The van der Waals surface area contributed by atoms with Crippen LogP contribution in [0.1, 0.15) is 60.8 Å². The minimum atomic E-state index is -0.762. The minimum Gasteiger partial charge on any atom is -0.481 e. The first kappa shape index (κ1) is 19.9. The molecule has 0 saturated carbocycles. The van der Waals surface area contributed by atoms with Crippen molar-refractivity contribution < 1.29 is 14.7 Å². The van der Waals surface area contributed by atoms with Gasteiger partial charge in [-0.2, -0.15) is 0 Å². The molecule has 5 nitrogen and oxygen atoms in total. The number of carboxylic acid groups (broad SMARTS) is 1. The molecule has 1 atom stereocenters. The van der Waals surface area contributed by atoms with E-state index in [2.05, 4.69) is 31.4 Å². The predicted molar refractivity (Wildman–Crippen MR) is 85.2 cm³/mol. The standard InChI is InChI=1S/C16H32N2O3/c1-7-18-16(5,6)14(21)17-11-10-12(15(2,3)4)8-9-13(19)20/h12,18H,7-11H2,1-6H3,(H,17,21)(H,19,20). The number of likely N-dealkylation sites (N-methyl/N-ethyl adjacent to an activating group) is 1. The van der Waals surface area contributed by atoms with Crippen molar-refractivity contribution >= 4 is 11.9 Å². The fourth-order valence-corrected chi connectivity index (χ4v) is 2.41. The highest BCUT2D eigenvalue weighted by molar-refractivity contribution is 5.85. The second kappa shape index (κ2) is 8.37. The van der Waals surface area contributed by atoms with Crippen LogP contribution >= 0.6 is 0 Å². The molecule has 0 aliphatic heterocycles. The van der Waals surface area contributed by atoms with Gasteiger partial charge in [-0.05, 0) is 44.6 Å². The number of aliphatic carboxylic acids is 1. The van der Waals surface area contributed by atoms with Crippen LogP contribution in [0.4, 0.5) is 0 Å². The molecule has 0 aromatic carbocycles. The summed E-state index contributed by atoms with van der Waals surface area (Å²) in [6.45, 7) is 13.3. The van der Waals surface area contributed by atoms with Gasteiger partial charge in [0.25, 0.3) is 0 Å². The lowest BCUT2D eigenvalue weighted by atomic mass is 9.76. The molecule has 0 saturated heterocycles. The van der Waals surface area contributed by atoms with Gasteiger partial charge in [0.1, 0.15) is 0 Å². The Bertz CT molecular complexity index is 346. The van der Waals surface area contributed by atoms with Gasteiger partial charge in [-0.1, -0.05) is 27.7 Å². The van der Waals surface area contributed by atoms with Crippen LogP contribution in [-0.2, 0) is 9.59 Å². The second-order valence-electron chi connectivity index (χ2n) is 7.20. The van der Waals surface area contributed by atoms with E-state index >= 15 is 0 Å². The quantitative estimate of drug-likeness (QED) is 0.611. The summed E-state index contributed by atoms with van der Waals surface area (Å²) < 4.78 is 0. The summed E-state index contributed by atoms with van der Waals surface area (Å²) in [5, 5.41) is 14.9. The van der Waals surface area contributed by atoms with Crippen LogP contribution in [0, 0.1) is 11.3 Å². The fraction of sp³-hybridized carbons (Fsp3) is 0.875. The van der Waals surface area contributed by atoms with Crippen LogP contribution in [0.15, 0.2) is 0 Å². The summed E-state index contributed by atoms with van der Waals surface area (Å²) >= 11 is 0.